The molecule has 4 aromatic rings. The minimum Gasteiger partial charge on any atom is -0.494 e. The number of rotatable bonds is 14. The molecule has 0 aliphatic carbocycles. The minimum absolute atomic E-state index is 0.134. The molecule has 0 bridgehead atoms. The highest BCUT2D eigenvalue weighted by atomic mass is 16.6. The van der Waals surface area contributed by atoms with E-state index < -0.39 is 11.7 Å². The van der Waals surface area contributed by atoms with E-state index in [-0.39, 0.29) is 24.7 Å². The van der Waals surface area contributed by atoms with E-state index in [2.05, 4.69) is 10.3 Å². The highest BCUT2D eigenvalue weighted by Gasteiger charge is 2.28. The lowest BCUT2D eigenvalue weighted by Gasteiger charge is -2.33. The van der Waals surface area contributed by atoms with Crippen molar-refractivity contribution >= 4 is 34.1 Å². The Morgan fingerprint density at radius 1 is 1.08 bits per heavy atom. The average Bonchev–Trinajstić information content (AvgIpc) is 3.64. The van der Waals surface area contributed by atoms with Crippen molar-refractivity contribution in [2.24, 2.45) is 7.05 Å². The SMILES string of the molecule is COc1cc(C(=O)N2CCC[C@@H](NC(=O)OC(C)(C)C)C2)cc2nc(-c3cc4ccc(C(C)OCCCCCCCCO)nc4[nH]3)n(C)c12. The third kappa shape index (κ3) is 9.10. The number of ether oxygens (including phenoxy) is 3. The van der Waals surface area contributed by atoms with Crippen molar-refractivity contribution in [3.05, 3.63) is 41.6 Å². The predicted molar refractivity (Wildman–Crippen MR) is 190 cm³/mol. The molecule has 4 heterocycles. The number of carbonyl (C=O) groups is 2. The molecule has 3 aromatic heterocycles. The summed E-state index contributed by atoms with van der Waals surface area (Å²) in [5.74, 6) is 1.11. The van der Waals surface area contributed by atoms with Crippen LogP contribution in [0.1, 0.15) is 101 Å². The Labute approximate surface area is 288 Å². The molecular weight excluding hydrogens is 624 g/mol. The van der Waals surface area contributed by atoms with Crippen LogP contribution in [0.25, 0.3) is 33.6 Å². The lowest BCUT2D eigenvalue weighted by Crippen LogP contribution is -2.50. The number of methoxy groups -OCH3 is 1. The molecule has 0 saturated carbocycles. The Morgan fingerprint density at radius 2 is 1.84 bits per heavy atom. The molecule has 49 heavy (non-hydrogen) atoms. The van der Waals surface area contributed by atoms with Gasteiger partial charge in [0.25, 0.3) is 5.91 Å². The summed E-state index contributed by atoms with van der Waals surface area (Å²) < 4.78 is 19.3. The topological polar surface area (TPSA) is 144 Å². The van der Waals surface area contributed by atoms with E-state index in [0.717, 1.165) is 79.3 Å². The van der Waals surface area contributed by atoms with Gasteiger partial charge in [0, 0.05) is 50.3 Å². The largest absolute Gasteiger partial charge is 0.494 e. The molecule has 3 N–H and O–H groups in total. The number of likely N-dealkylation sites (tertiary alicyclic amines) is 1. The zero-order valence-corrected chi connectivity index (χ0v) is 29.8. The quantitative estimate of drug-likeness (QED) is 0.126. The standard InChI is InChI=1S/C37H52N6O6/c1-24(48-19-12-10-8-7-9-11-18-44)28-16-15-25-20-30(40-33(25)39-28)34-41-29-21-26(22-31(47-6)32(29)42(34)5)35(45)43-17-13-14-27(23-43)38-36(46)49-37(2,3)4/h15-16,20-22,24,27,44H,7-14,17-19,23H2,1-6H3,(H,38,46)(H,39,40)/t24?,27-/m1/s1. The van der Waals surface area contributed by atoms with Gasteiger partial charge < -0.3 is 39.1 Å². The maximum Gasteiger partial charge on any atom is 0.407 e. The summed E-state index contributed by atoms with van der Waals surface area (Å²) in [6.45, 7) is 9.45. The van der Waals surface area contributed by atoms with Crippen molar-refractivity contribution in [3.63, 3.8) is 0 Å². The molecule has 266 valence electrons. The van der Waals surface area contributed by atoms with Gasteiger partial charge >= 0.3 is 6.09 Å². The number of imidazole rings is 1. The number of benzene rings is 1. The Hall–Kier alpha value is -4.16. The first-order valence-electron chi connectivity index (χ1n) is 17.5. The van der Waals surface area contributed by atoms with Crippen molar-refractivity contribution in [1.29, 1.82) is 0 Å². The molecule has 1 fully saturated rings. The van der Waals surface area contributed by atoms with Crippen LogP contribution in [-0.2, 0) is 16.5 Å². The number of aromatic nitrogens is 4. The number of aromatic amines is 1. The fraction of sp³-hybridized carbons (Fsp3) is 0.568. The molecule has 1 aliphatic rings. The number of piperidine rings is 1. The van der Waals surface area contributed by atoms with Gasteiger partial charge in [-0.2, -0.15) is 0 Å². The first kappa shape index (κ1) is 36.1. The lowest BCUT2D eigenvalue weighted by molar-refractivity contribution is 0.0452. The molecule has 12 heteroatoms. The van der Waals surface area contributed by atoms with Crippen molar-refractivity contribution in [3.8, 4) is 17.3 Å². The fourth-order valence-corrected chi connectivity index (χ4v) is 6.40. The smallest absolute Gasteiger partial charge is 0.407 e. The Balaban J connectivity index is 1.29. The van der Waals surface area contributed by atoms with Crippen molar-refractivity contribution < 1.29 is 28.9 Å². The van der Waals surface area contributed by atoms with Crippen LogP contribution in [0.3, 0.4) is 0 Å². The lowest BCUT2D eigenvalue weighted by atomic mass is 10.0. The first-order chi connectivity index (χ1) is 23.5. The number of nitrogens with zero attached hydrogens (tertiary/aromatic N) is 4. The predicted octanol–water partition coefficient (Wildman–Crippen LogP) is 6.67. The zero-order chi connectivity index (χ0) is 35.1. The van der Waals surface area contributed by atoms with Gasteiger partial charge in [-0.25, -0.2) is 14.8 Å². The van der Waals surface area contributed by atoms with E-state index in [1.165, 1.54) is 0 Å². The number of pyridine rings is 1. The summed E-state index contributed by atoms with van der Waals surface area (Å²) in [5.41, 5.74) is 3.72. The highest BCUT2D eigenvalue weighted by Crippen LogP contribution is 2.33. The first-order valence-corrected chi connectivity index (χ1v) is 17.5. The van der Waals surface area contributed by atoms with Crippen LogP contribution >= 0.6 is 0 Å². The maximum absolute atomic E-state index is 13.7. The van der Waals surface area contributed by atoms with Gasteiger partial charge in [0.15, 0.2) is 5.82 Å². The van der Waals surface area contributed by atoms with Gasteiger partial charge in [-0.3, -0.25) is 4.79 Å². The number of alkyl carbamates (subject to hydrolysis) is 1. The average molecular weight is 677 g/mol. The molecular formula is C37H52N6O6. The van der Waals surface area contributed by atoms with Crippen LogP contribution in [0.15, 0.2) is 30.3 Å². The zero-order valence-electron chi connectivity index (χ0n) is 29.8. The molecule has 1 aromatic carbocycles. The van der Waals surface area contributed by atoms with E-state index in [1.807, 2.05) is 63.6 Å². The number of carbonyl (C=O) groups excluding carboxylic acids is 2. The molecule has 2 amide bonds. The van der Waals surface area contributed by atoms with Crippen LogP contribution in [0, 0.1) is 0 Å². The van der Waals surface area contributed by atoms with E-state index in [1.54, 1.807) is 18.1 Å². The van der Waals surface area contributed by atoms with Crippen LogP contribution in [-0.4, -0.2) is 86.6 Å². The minimum atomic E-state index is -0.594. The monoisotopic (exact) mass is 676 g/mol. The molecule has 12 nitrogen and oxygen atoms in total. The summed E-state index contributed by atoms with van der Waals surface area (Å²) in [6.07, 6.45) is 7.33. The summed E-state index contributed by atoms with van der Waals surface area (Å²) >= 11 is 0. The van der Waals surface area contributed by atoms with Crippen LogP contribution < -0.4 is 10.1 Å². The van der Waals surface area contributed by atoms with Crippen molar-refractivity contribution in [2.75, 3.05) is 33.4 Å². The number of fused-ring (bicyclic) bond motifs is 2. The Morgan fingerprint density at radius 3 is 2.57 bits per heavy atom. The second kappa shape index (κ2) is 16.0. The number of aliphatic hydroxyl groups excluding tert-OH is 1. The molecule has 1 unspecified atom stereocenters. The maximum atomic E-state index is 13.7. The third-order valence-electron chi connectivity index (χ3n) is 8.91. The number of nitrogens with one attached hydrogen (secondary N) is 2. The summed E-state index contributed by atoms with van der Waals surface area (Å²) in [4.78, 5) is 41.1. The molecule has 2 atom stereocenters. The van der Waals surface area contributed by atoms with Crippen molar-refractivity contribution in [1.82, 2.24) is 29.7 Å². The number of hydrogen-bond donors (Lipinski definition) is 3. The molecule has 1 aliphatic heterocycles. The molecule has 5 rings (SSSR count). The highest BCUT2D eigenvalue weighted by molar-refractivity contribution is 6.00. The van der Waals surface area contributed by atoms with E-state index in [0.29, 0.717) is 42.4 Å². The van der Waals surface area contributed by atoms with Crippen LogP contribution in [0.2, 0.25) is 0 Å². The number of hydrogen-bond acceptors (Lipinski definition) is 8. The number of unbranched alkanes of at least 4 members (excludes halogenated alkanes) is 5. The molecule has 1 saturated heterocycles. The van der Waals surface area contributed by atoms with Gasteiger partial charge in [0.2, 0.25) is 0 Å². The van der Waals surface area contributed by atoms with Gasteiger partial charge in [-0.15, -0.1) is 0 Å². The summed E-state index contributed by atoms with van der Waals surface area (Å²) in [6, 6.07) is 9.45. The Kier molecular flexibility index (Phi) is 11.8. The van der Waals surface area contributed by atoms with Crippen LogP contribution in [0.5, 0.6) is 5.75 Å². The van der Waals surface area contributed by atoms with Crippen LogP contribution in [0.4, 0.5) is 4.79 Å². The van der Waals surface area contributed by atoms with E-state index >= 15 is 0 Å². The number of aliphatic hydroxyl groups is 1. The third-order valence-corrected chi connectivity index (χ3v) is 8.91. The number of H-pyrrole nitrogens is 1. The summed E-state index contributed by atoms with van der Waals surface area (Å²) in [5, 5.41) is 12.8. The second-order valence-electron chi connectivity index (χ2n) is 14.0. The van der Waals surface area contributed by atoms with Gasteiger partial charge in [0.1, 0.15) is 22.5 Å². The van der Waals surface area contributed by atoms with Gasteiger partial charge in [0.05, 0.1) is 30.1 Å². The number of aryl methyl sites for hydroxylation is 1. The Bertz CT molecular complexity index is 1740. The van der Waals surface area contributed by atoms with E-state index in [4.69, 9.17) is 29.3 Å². The summed E-state index contributed by atoms with van der Waals surface area (Å²) in [7, 11) is 3.52. The fourth-order valence-electron chi connectivity index (χ4n) is 6.40. The van der Waals surface area contributed by atoms with Gasteiger partial charge in [-0.05, 0) is 83.7 Å². The van der Waals surface area contributed by atoms with Gasteiger partial charge in [-0.1, -0.05) is 25.7 Å². The van der Waals surface area contributed by atoms with Crippen molar-refractivity contribution in [2.45, 2.75) is 96.8 Å². The molecule has 0 spiro atoms. The second-order valence-corrected chi connectivity index (χ2v) is 14.0. The van der Waals surface area contributed by atoms with E-state index in [9.17, 15) is 9.59 Å². The molecule has 0 radical (unpaired) electrons. The number of amides is 2. The normalized spacial score (nSPS) is 15.9.